The molecular formula is C13H15ClN2O2. The molecule has 0 aliphatic heterocycles. The number of halogens is 1. The van der Waals surface area contributed by atoms with Crippen molar-refractivity contribution in [2.24, 2.45) is 0 Å². The van der Waals surface area contributed by atoms with Gasteiger partial charge in [0.1, 0.15) is 11.9 Å². The van der Waals surface area contributed by atoms with Crippen LogP contribution >= 0.6 is 11.6 Å². The van der Waals surface area contributed by atoms with E-state index in [1.165, 1.54) is 0 Å². The van der Waals surface area contributed by atoms with Crippen molar-refractivity contribution in [3.63, 3.8) is 0 Å². The molecule has 0 saturated carbocycles. The van der Waals surface area contributed by atoms with Gasteiger partial charge in [-0.15, -0.1) is 0 Å². The van der Waals surface area contributed by atoms with E-state index in [9.17, 15) is 10.2 Å². The van der Waals surface area contributed by atoms with Crippen molar-refractivity contribution in [2.45, 2.75) is 25.6 Å². The van der Waals surface area contributed by atoms with E-state index in [1.54, 1.807) is 29.1 Å². The largest absolute Gasteiger partial charge is 0.390 e. The van der Waals surface area contributed by atoms with Gasteiger partial charge in [-0.25, -0.2) is 4.98 Å². The minimum absolute atomic E-state index is 0.423. The van der Waals surface area contributed by atoms with Crippen molar-refractivity contribution >= 4 is 11.6 Å². The lowest BCUT2D eigenvalue weighted by molar-refractivity contribution is 0.0104. The molecule has 0 spiro atoms. The van der Waals surface area contributed by atoms with Gasteiger partial charge in [0.05, 0.1) is 6.10 Å². The molecule has 0 amide bonds. The summed E-state index contributed by atoms with van der Waals surface area (Å²) in [5.41, 5.74) is 0.842. The summed E-state index contributed by atoms with van der Waals surface area (Å²) in [7, 11) is 0. The summed E-state index contributed by atoms with van der Waals surface area (Å²) in [6, 6.07) is 7.20. The maximum Gasteiger partial charge on any atom is 0.144 e. The van der Waals surface area contributed by atoms with E-state index in [-0.39, 0.29) is 0 Å². The molecule has 0 aliphatic rings. The van der Waals surface area contributed by atoms with Crippen molar-refractivity contribution in [1.82, 2.24) is 9.55 Å². The van der Waals surface area contributed by atoms with Crippen LogP contribution in [-0.4, -0.2) is 25.9 Å². The molecule has 2 rings (SSSR count). The van der Waals surface area contributed by atoms with E-state index >= 15 is 0 Å². The first-order valence-corrected chi connectivity index (χ1v) is 6.16. The Morgan fingerprint density at radius 3 is 2.56 bits per heavy atom. The zero-order valence-corrected chi connectivity index (χ0v) is 10.7. The van der Waals surface area contributed by atoms with E-state index in [0.29, 0.717) is 17.3 Å². The molecule has 1 aromatic carbocycles. The fourth-order valence-electron chi connectivity index (χ4n) is 1.75. The van der Waals surface area contributed by atoms with E-state index in [0.717, 1.165) is 5.69 Å². The highest BCUT2D eigenvalue weighted by molar-refractivity contribution is 6.30. The molecule has 0 fully saturated rings. The topological polar surface area (TPSA) is 58.3 Å². The second-order valence-electron chi connectivity index (χ2n) is 4.05. The second-order valence-corrected chi connectivity index (χ2v) is 4.49. The number of imidazole rings is 1. The summed E-state index contributed by atoms with van der Waals surface area (Å²) >= 11 is 5.83. The van der Waals surface area contributed by atoms with E-state index in [2.05, 4.69) is 4.98 Å². The van der Waals surface area contributed by atoms with Gasteiger partial charge in [0, 0.05) is 23.1 Å². The standard InChI is InChI=1S/C13H15ClN2O2/c1-2-11(17)12(18)13-15-7-8-16(13)10-5-3-9(14)4-6-10/h3-8,11-12,17-18H,2H2,1H3. The van der Waals surface area contributed by atoms with Crippen LogP contribution < -0.4 is 0 Å². The molecule has 96 valence electrons. The zero-order chi connectivity index (χ0) is 13.1. The summed E-state index contributed by atoms with van der Waals surface area (Å²) in [6.07, 6.45) is 1.98. The Labute approximate surface area is 110 Å². The molecule has 0 aliphatic carbocycles. The van der Waals surface area contributed by atoms with Gasteiger partial charge in [-0.1, -0.05) is 18.5 Å². The van der Waals surface area contributed by atoms with Crippen LogP contribution in [0.2, 0.25) is 5.02 Å². The van der Waals surface area contributed by atoms with Gasteiger partial charge in [0.15, 0.2) is 0 Å². The number of aliphatic hydroxyl groups excluding tert-OH is 2. The van der Waals surface area contributed by atoms with Crippen LogP contribution in [0.1, 0.15) is 25.3 Å². The van der Waals surface area contributed by atoms with E-state index in [1.807, 2.05) is 19.1 Å². The number of benzene rings is 1. The zero-order valence-electron chi connectivity index (χ0n) is 9.99. The van der Waals surface area contributed by atoms with Crippen molar-refractivity contribution < 1.29 is 10.2 Å². The molecule has 2 N–H and O–H groups in total. The lowest BCUT2D eigenvalue weighted by Crippen LogP contribution is -2.20. The summed E-state index contributed by atoms with van der Waals surface area (Å²) in [5, 5.41) is 20.4. The van der Waals surface area contributed by atoms with E-state index in [4.69, 9.17) is 11.6 Å². The van der Waals surface area contributed by atoms with Crippen LogP contribution in [0.4, 0.5) is 0 Å². The fourth-order valence-corrected chi connectivity index (χ4v) is 1.88. The summed E-state index contributed by atoms with van der Waals surface area (Å²) in [4.78, 5) is 4.10. The number of hydrogen-bond acceptors (Lipinski definition) is 3. The highest BCUT2D eigenvalue weighted by atomic mass is 35.5. The summed E-state index contributed by atoms with van der Waals surface area (Å²) in [5.74, 6) is 0.423. The average molecular weight is 267 g/mol. The van der Waals surface area contributed by atoms with Crippen LogP contribution in [0, 0.1) is 0 Å². The first kappa shape index (κ1) is 13.1. The van der Waals surface area contributed by atoms with Gasteiger partial charge in [-0.3, -0.25) is 0 Å². The first-order chi connectivity index (χ1) is 8.63. The maximum absolute atomic E-state index is 10.0. The maximum atomic E-state index is 10.0. The minimum atomic E-state index is -0.999. The van der Waals surface area contributed by atoms with Gasteiger partial charge in [-0.2, -0.15) is 0 Å². The molecule has 2 aromatic rings. The van der Waals surface area contributed by atoms with Gasteiger partial charge in [0.2, 0.25) is 0 Å². The van der Waals surface area contributed by atoms with Crippen molar-refractivity contribution in [3.8, 4) is 5.69 Å². The van der Waals surface area contributed by atoms with Crippen molar-refractivity contribution in [1.29, 1.82) is 0 Å². The lowest BCUT2D eigenvalue weighted by atomic mass is 10.1. The highest BCUT2D eigenvalue weighted by Crippen LogP contribution is 2.21. The summed E-state index contributed by atoms with van der Waals surface area (Å²) in [6.45, 7) is 1.81. The average Bonchev–Trinajstić information content (AvgIpc) is 2.87. The van der Waals surface area contributed by atoms with Gasteiger partial charge >= 0.3 is 0 Å². The molecule has 0 saturated heterocycles. The van der Waals surface area contributed by atoms with Gasteiger partial charge in [0.25, 0.3) is 0 Å². The Morgan fingerprint density at radius 2 is 1.94 bits per heavy atom. The van der Waals surface area contributed by atoms with Crippen molar-refractivity contribution in [3.05, 3.63) is 47.5 Å². The summed E-state index contributed by atoms with van der Waals surface area (Å²) < 4.78 is 1.74. The molecule has 1 heterocycles. The van der Waals surface area contributed by atoms with Gasteiger partial charge in [-0.05, 0) is 30.7 Å². The van der Waals surface area contributed by atoms with Crippen molar-refractivity contribution in [2.75, 3.05) is 0 Å². The molecule has 5 heteroatoms. The molecule has 2 atom stereocenters. The fraction of sp³-hybridized carbons (Fsp3) is 0.308. The minimum Gasteiger partial charge on any atom is -0.390 e. The third-order valence-electron chi connectivity index (χ3n) is 2.82. The normalized spacial score (nSPS) is 14.4. The van der Waals surface area contributed by atoms with Crippen LogP contribution in [0.5, 0.6) is 0 Å². The Hall–Kier alpha value is -1.36. The molecule has 2 unspecified atom stereocenters. The predicted molar refractivity (Wildman–Crippen MR) is 69.8 cm³/mol. The van der Waals surface area contributed by atoms with Crippen LogP contribution in [0.3, 0.4) is 0 Å². The third-order valence-corrected chi connectivity index (χ3v) is 3.07. The Bertz CT molecular complexity index is 510. The number of rotatable bonds is 4. The number of nitrogens with zero attached hydrogens (tertiary/aromatic N) is 2. The SMILES string of the molecule is CCC(O)C(O)c1nccn1-c1ccc(Cl)cc1. The smallest absolute Gasteiger partial charge is 0.144 e. The Morgan fingerprint density at radius 1 is 1.28 bits per heavy atom. The Kier molecular flexibility index (Phi) is 4.01. The quantitative estimate of drug-likeness (QED) is 0.893. The predicted octanol–water partition coefficient (Wildman–Crippen LogP) is 2.33. The number of aliphatic hydroxyl groups is 2. The third kappa shape index (κ3) is 2.56. The monoisotopic (exact) mass is 266 g/mol. The second kappa shape index (κ2) is 5.52. The Balaban J connectivity index is 2.35. The van der Waals surface area contributed by atoms with Crippen LogP contribution in [0.15, 0.2) is 36.7 Å². The lowest BCUT2D eigenvalue weighted by Gasteiger charge is -2.17. The molecule has 1 aromatic heterocycles. The molecule has 18 heavy (non-hydrogen) atoms. The molecule has 0 radical (unpaired) electrons. The first-order valence-electron chi connectivity index (χ1n) is 5.78. The highest BCUT2D eigenvalue weighted by Gasteiger charge is 2.21. The van der Waals surface area contributed by atoms with E-state index < -0.39 is 12.2 Å². The molecular weight excluding hydrogens is 252 g/mol. The number of aromatic nitrogens is 2. The number of hydrogen-bond donors (Lipinski definition) is 2. The van der Waals surface area contributed by atoms with Crippen LogP contribution in [-0.2, 0) is 0 Å². The molecule has 0 bridgehead atoms. The van der Waals surface area contributed by atoms with Crippen LogP contribution in [0.25, 0.3) is 5.69 Å². The molecule has 4 nitrogen and oxygen atoms in total. The van der Waals surface area contributed by atoms with Gasteiger partial charge < -0.3 is 14.8 Å².